The number of benzene rings is 2. The van der Waals surface area contributed by atoms with Gasteiger partial charge in [0, 0.05) is 5.39 Å². The number of aromatic hydroxyl groups is 1. The van der Waals surface area contributed by atoms with Gasteiger partial charge in [-0.05, 0) is 11.5 Å². The van der Waals surface area contributed by atoms with Crippen LogP contribution in [-0.2, 0) is 0 Å². The normalized spacial score (nSPS) is 10.3. The fourth-order valence-electron chi connectivity index (χ4n) is 1.23. The third-order valence-electron chi connectivity index (χ3n) is 1.86. The van der Waals surface area contributed by atoms with Gasteiger partial charge in [-0.1, -0.05) is 43.0 Å². The molecule has 2 rings (SSSR count). The third kappa shape index (κ3) is 1.01. The van der Waals surface area contributed by atoms with E-state index in [9.17, 15) is 5.11 Å². The van der Waals surface area contributed by atoms with Crippen molar-refractivity contribution < 1.29 is 5.11 Å². The molecule has 0 aliphatic carbocycles. The number of hydrogen-bond acceptors (Lipinski definition) is 1. The number of fused-ring (bicyclic) bond motifs is 1. The first kappa shape index (κ1) is 7.37. The Balaban J connectivity index is 2.91. The van der Waals surface area contributed by atoms with Crippen molar-refractivity contribution in [2.75, 3.05) is 0 Å². The van der Waals surface area contributed by atoms with Crippen molar-refractivity contribution >= 4 is 23.4 Å². The van der Waals surface area contributed by atoms with Crippen molar-refractivity contribution in [2.45, 2.75) is 4.90 Å². The summed E-state index contributed by atoms with van der Waals surface area (Å²) in [5.41, 5.74) is 0. The quantitative estimate of drug-likeness (QED) is 0.652. The van der Waals surface area contributed by atoms with Crippen LogP contribution in [0.2, 0.25) is 0 Å². The smallest absolute Gasteiger partial charge is 0.134 e. The van der Waals surface area contributed by atoms with Crippen molar-refractivity contribution in [3.05, 3.63) is 36.4 Å². The molecule has 0 aliphatic heterocycles. The Kier molecular flexibility index (Phi) is 1.62. The van der Waals surface area contributed by atoms with Crippen LogP contribution in [0.4, 0.5) is 0 Å². The summed E-state index contributed by atoms with van der Waals surface area (Å²) < 4.78 is 0. The van der Waals surface area contributed by atoms with Crippen molar-refractivity contribution in [3.8, 4) is 5.75 Å². The van der Waals surface area contributed by atoms with Gasteiger partial charge in [0.05, 0.1) is 4.90 Å². The number of phenolic OH excluding ortho intramolecular Hbond substituents is 1. The van der Waals surface area contributed by atoms with Crippen LogP contribution in [0.3, 0.4) is 0 Å². The zero-order valence-corrected chi connectivity index (χ0v) is 7.14. The molecule has 0 aromatic heterocycles. The number of hydrogen-bond donors (Lipinski definition) is 1. The maximum Gasteiger partial charge on any atom is 0.134 e. The Morgan fingerprint density at radius 3 is 2.58 bits per heavy atom. The van der Waals surface area contributed by atoms with Gasteiger partial charge in [0.2, 0.25) is 0 Å². The summed E-state index contributed by atoms with van der Waals surface area (Å²) in [6, 6.07) is 11.2. The highest BCUT2D eigenvalue weighted by Gasteiger charge is 2.01. The molecule has 0 bridgehead atoms. The highest BCUT2D eigenvalue weighted by atomic mass is 32.1. The van der Waals surface area contributed by atoms with E-state index in [0.29, 0.717) is 4.90 Å². The molecule has 1 N–H and O–H groups in total. The maximum absolute atomic E-state index is 9.31. The summed E-state index contributed by atoms with van der Waals surface area (Å²) in [4.78, 5) is 0.535. The van der Waals surface area contributed by atoms with Crippen LogP contribution in [0, 0.1) is 0 Å². The summed E-state index contributed by atoms with van der Waals surface area (Å²) in [5, 5.41) is 11.3. The lowest BCUT2D eigenvalue weighted by atomic mass is 10.1. The Hall–Kier alpha value is -1.28. The predicted molar refractivity (Wildman–Crippen MR) is 51.5 cm³/mol. The van der Waals surface area contributed by atoms with E-state index in [-0.39, 0.29) is 5.75 Å². The Morgan fingerprint density at radius 1 is 1.00 bits per heavy atom. The molecule has 0 atom stereocenters. The summed E-state index contributed by atoms with van der Waals surface area (Å²) >= 11 is 5.04. The second-order valence-electron chi connectivity index (χ2n) is 2.63. The molecule has 0 saturated carbocycles. The molecule has 1 radical (unpaired) electrons. The van der Waals surface area contributed by atoms with Gasteiger partial charge in [-0.2, -0.15) is 0 Å². The van der Waals surface area contributed by atoms with E-state index in [4.69, 9.17) is 12.6 Å². The van der Waals surface area contributed by atoms with Crippen LogP contribution in [0.15, 0.2) is 41.3 Å². The van der Waals surface area contributed by atoms with E-state index in [1.807, 2.05) is 30.3 Å². The molecule has 0 spiro atoms. The topological polar surface area (TPSA) is 20.2 Å². The Bertz CT molecular complexity index is 423. The van der Waals surface area contributed by atoms with E-state index < -0.39 is 0 Å². The van der Waals surface area contributed by atoms with Crippen LogP contribution in [0.1, 0.15) is 0 Å². The second-order valence-corrected chi connectivity index (χ2v) is 3.04. The molecule has 2 aromatic carbocycles. The second kappa shape index (κ2) is 2.64. The molecular formula is C10H7OS. The molecule has 2 heteroatoms. The van der Waals surface area contributed by atoms with Gasteiger partial charge in [0.1, 0.15) is 5.75 Å². The van der Waals surface area contributed by atoms with Gasteiger partial charge in [0.15, 0.2) is 0 Å². The van der Waals surface area contributed by atoms with Gasteiger partial charge < -0.3 is 5.11 Å². The van der Waals surface area contributed by atoms with E-state index in [1.54, 1.807) is 6.07 Å². The lowest BCUT2D eigenvalue weighted by Gasteiger charge is -2.01. The minimum Gasteiger partial charge on any atom is -0.506 e. The lowest BCUT2D eigenvalue weighted by molar-refractivity contribution is 0.464. The summed E-state index contributed by atoms with van der Waals surface area (Å²) in [5.74, 6) is 0.184. The molecule has 0 heterocycles. The first-order valence-corrected chi connectivity index (χ1v) is 4.07. The molecule has 12 heavy (non-hydrogen) atoms. The average Bonchev–Trinajstić information content (AvgIpc) is 2.12. The van der Waals surface area contributed by atoms with Crippen molar-refractivity contribution in [1.29, 1.82) is 0 Å². The van der Waals surface area contributed by atoms with Gasteiger partial charge in [-0.15, -0.1) is 0 Å². The zero-order valence-electron chi connectivity index (χ0n) is 6.32. The zero-order chi connectivity index (χ0) is 8.55. The molecule has 0 saturated heterocycles. The Labute approximate surface area is 76.1 Å². The Morgan fingerprint density at radius 2 is 1.75 bits per heavy atom. The molecule has 0 unspecified atom stereocenters. The van der Waals surface area contributed by atoms with Crippen molar-refractivity contribution in [2.24, 2.45) is 0 Å². The molecule has 2 aromatic rings. The molecule has 0 aliphatic rings. The van der Waals surface area contributed by atoms with Crippen LogP contribution in [-0.4, -0.2) is 5.11 Å². The van der Waals surface area contributed by atoms with Crippen LogP contribution in [0.5, 0.6) is 5.75 Å². The predicted octanol–water partition coefficient (Wildman–Crippen LogP) is 3.10. The molecular weight excluding hydrogens is 168 g/mol. The minimum atomic E-state index is 0.184. The van der Waals surface area contributed by atoms with E-state index >= 15 is 0 Å². The summed E-state index contributed by atoms with van der Waals surface area (Å²) in [6.07, 6.45) is 0. The van der Waals surface area contributed by atoms with E-state index in [2.05, 4.69) is 0 Å². The molecule has 0 amide bonds. The fraction of sp³-hybridized carbons (Fsp3) is 0. The molecule has 1 nitrogen and oxygen atoms in total. The summed E-state index contributed by atoms with van der Waals surface area (Å²) in [6.45, 7) is 0. The van der Waals surface area contributed by atoms with Crippen molar-refractivity contribution in [3.63, 3.8) is 0 Å². The molecule has 0 fully saturated rings. The van der Waals surface area contributed by atoms with E-state index in [0.717, 1.165) is 10.8 Å². The first-order chi connectivity index (χ1) is 5.79. The fourth-order valence-corrected chi connectivity index (χ4v) is 1.49. The maximum atomic E-state index is 9.31. The third-order valence-corrected chi connectivity index (χ3v) is 2.29. The SMILES string of the molecule is Oc1ccc2ccccc2c1[S]. The first-order valence-electron chi connectivity index (χ1n) is 3.67. The largest absolute Gasteiger partial charge is 0.506 e. The van der Waals surface area contributed by atoms with Crippen LogP contribution in [0.25, 0.3) is 10.8 Å². The van der Waals surface area contributed by atoms with Gasteiger partial charge >= 0.3 is 0 Å². The van der Waals surface area contributed by atoms with Gasteiger partial charge in [0.25, 0.3) is 0 Å². The van der Waals surface area contributed by atoms with Crippen LogP contribution >= 0.6 is 12.6 Å². The highest BCUT2D eigenvalue weighted by molar-refractivity contribution is 7.80. The van der Waals surface area contributed by atoms with E-state index in [1.165, 1.54) is 0 Å². The standard InChI is InChI=1S/C10H7OS/c11-9-6-5-7-3-1-2-4-8(7)10(9)12/h1-6,11H. The summed E-state index contributed by atoms with van der Waals surface area (Å²) in [7, 11) is 0. The number of rotatable bonds is 0. The lowest BCUT2D eigenvalue weighted by Crippen LogP contribution is -1.74. The van der Waals surface area contributed by atoms with Gasteiger partial charge in [-0.25, -0.2) is 0 Å². The highest BCUT2D eigenvalue weighted by Crippen LogP contribution is 2.29. The average molecular weight is 175 g/mol. The van der Waals surface area contributed by atoms with Crippen molar-refractivity contribution in [1.82, 2.24) is 0 Å². The minimum absolute atomic E-state index is 0.184. The molecule has 59 valence electrons. The number of phenols is 1. The monoisotopic (exact) mass is 175 g/mol. The van der Waals surface area contributed by atoms with Crippen LogP contribution < -0.4 is 0 Å². The van der Waals surface area contributed by atoms with Gasteiger partial charge in [-0.3, -0.25) is 0 Å².